The largest absolute Gasteiger partial charge is 0.494 e. The summed E-state index contributed by atoms with van der Waals surface area (Å²) < 4.78 is 7.65. The second-order valence-electron chi connectivity index (χ2n) is 6.94. The highest BCUT2D eigenvalue weighted by atomic mass is 79.9. The van der Waals surface area contributed by atoms with Crippen molar-refractivity contribution < 1.29 is 14.6 Å². The van der Waals surface area contributed by atoms with Crippen molar-refractivity contribution in [2.24, 2.45) is 0 Å². The predicted molar refractivity (Wildman–Crippen MR) is 108 cm³/mol. The predicted octanol–water partition coefficient (Wildman–Crippen LogP) is 4.26. The van der Waals surface area contributed by atoms with Gasteiger partial charge in [0.15, 0.2) is 6.61 Å². The lowest BCUT2D eigenvalue weighted by atomic mass is 9.93. The first kappa shape index (κ1) is 20.2. The summed E-state index contributed by atoms with van der Waals surface area (Å²) in [5, 5.41) is 20.3. The molecule has 0 saturated heterocycles. The lowest BCUT2D eigenvalue weighted by Gasteiger charge is -2.26. The molecule has 1 aliphatic rings. The number of hydrogen-bond donors (Lipinski definition) is 1. The number of carbonyl (C=O) groups is 1. The van der Waals surface area contributed by atoms with Crippen LogP contribution in [0.5, 0.6) is 11.6 Å². The third kappa shape index (κ3) is 3.97. The Balaban J connectivity index is 1.97. The molecule has 1 N–H and O–H groups in total. The molecule has 1 aromatic carbocycles. The van der Waals surface area contributed by atoms with Crippen molar-refractivity contribution in [3.63, 3.8) is 0 Å². The molecule has 0 spiro atoms. The number of ketones is 1. The minimum atomic E-state index is -0.533. The third-order valence-electron chi connectivity index (χ3n) is 5.15. The van der Waals surface area contributed by atoms with E-state index in [9.17, 15) is 20.0 Å². The third-order valence-corrected chi connectivity index (χ3v) is 5.68. The number of aromatic hydroxyl groups is 1. The topological polar surface area (TPSA) is 92.3 Å². The van der Waals surface area contributed by atoms with Crippen LogP contribution in [0, 0.1) is 18.3 Å². The average molecular weight is 445 g/mol. The standard InChI is InChI=1S/C21H21BrN2O4/c1-13-17(11-23)20(26)24(15-5-3-2-4-6-15)21(27)19(13)18(25)12-28-16-9-7-14(22)8-10-16/h7-10,15,27H,2-6,12H2,1H3. The molecule has 1 heterocycles. The minimum absolute atomic E-state index is 0.0150. The van der Waals surface area contributed by atoms with Crippen LogP contribution in [-0.4, -0.2) is 22.1 Å². The molecule has 0 amide bonds. The lowest BCUT2D eigenvalue weighted by molar-refractivity contribution is 0.0915. The van der Waals surface area contributed by atoms with Crippen LogP contribution in [0.15, 0.2) is 33.5 Å². The Kier molecular flexibility index (Phi) is 6.20. The molecule has 6 nitrogen and oxygen atoms in total. The van der Waals surface area contributed by atoms with E-state index in [-0.39, 0.29) is 35.2 Å². The number of rotatable bonds is 5. The number of benzene rings is 1. The summed E-state index contributed by atoms with van der Waals surface area (Å²) in [5.41, 5.74) is -0.453. The Morgan fingerprint density at radius 1 is 1.29 bits per heavy atom. The number of Topliss-reactive ketones (excluding diaryl/α,β-unsaturated/α-hetero) is 1. The van der Waals surface area contributed by atoms with Crippen molar-refractivity contribution in [1.82, 2.24) is 4.57 Å². The Hall–Kier alpha value is -2.59. The van der Waals surface area contributed by atoms with Gasteiger partial charge in [-0.05, 0) is 49.6 Å². The second-order valence-corrected chi connectivity index (χ2v) is 7.86. The van der Waals surface area contributed by atoms with E-state index in [2.05, 4.69) is 15.9 Å². The van der Waals surface area contributed by atoms with Crippen LogP contribution < -0.4 is 10.3 Å². The summed E-state index contributed by atoms with van der Waals surface area (Å²) in [7, 11) is 0. The number of carbonyl (C=O) groups excluding carboxylic acids is 1. The van der Waals surface area contributed by atoms with Crippen LogP contribution in [0.2, 0.25) is 0 Å². The van der Waals surface area contributed by atoms with Gasteiger partial charge in [-0.25, -0.2) is 0 Å². The van der Waals surface area contributed by atoms with E-state index in [1.165, 1.54) is 11.5 Å². The Morgan fingerprint density at radius 3 is 2.54 bits per heavy atom. The highest BCUT2D eigenvalue weighted by Crippen LogP contribution is 2.33. The molecule has 28 heavy (non-hydrogen) atoms. The fraction of sp³-hybridized carbons (Fsp3) is 0.381. The molecule has 1 fully saturated rings. The number of hydrogen-bond acceptors (Lipinski definition) is 5. The number of pyridine rings is 1. The van der Waals surface area contributed by atoms with E-state index >= 15 is 0 Å². The smallest absolute Gasteiger partial charge is 0.271 e. The van der Waals surface area contributed by atoms with Gasteiger partial charge in [-0.3, -0.25) is 14.2 Å². The van der Waals surface area contributed by atoms with E-state index in [1.807, 2.05) is 6.07 Å². The van der Waals surface area contributed by atoms with Gasteiger partial charge in [-0.15, -0.1) is 0 Å². The molecule has 1 saturated carbocycles. The van der Waals surface area contributed by atoms with E-state index in [0.717, 1.165) is 36.6 Å². The van der Waals surface area contributed by atoms with Gasteiger partial charge >= 0.3 is 0 Å². The molecule has 2 aromatic rings. The van der Waals surface area contributed by atoms with Crippen LogP contribution in [0.25, 0.3) is 0 Å². The number of aromatic nitrogens is 1. The molecule has 146 valence electrons. The molecule has 0 radical (unpaired) electrons. The van der Waals surface area contributed by atoms with Crippen molar-refractivity contribution >= 4 is 21.7 Å². The first-order valence-electron chi connectivity index (χ1n) is 9.23. The number of nitrogens with zero attached hydrogens (tertiary/aromatic N) is 2. The van der Waals surface area contributed by atoms with Crippen molar-refractivity contribution in [3.05, 3.63) is 55.8 Å². The van der Waals surface area contributed by atoms with Gasteiger partial charge in [0.05, 0.1) is 5.56 Å². The first-order valence-corrected chi connectivity index (χ1v) is 10.0. The van der Waals surface area contributed by atoms with Crippen LogP contribution in [0.4, 0.5) is 0 Å². The Bertz CT molecular complexity index is 983. The van der Waals surface area contributed by atoms with Crippen molar-refractivity contribution in [1.29, 1.82) is 5.26 Å². The number of ether oxygens (including phenoxy) is 1. The van der Waals surface area contributed by atoms with Crippen molar-refractivity contribution in [2.45, 2.75) is 45.1 Å². The van der Waals surface area contributed by atoms with Gasteiger partial charge in [0.1, 0.15) is 17.4 Å². The lowest BCUT2D eigenvalue weighted by Crippen LogP contribution is -2.31. The highest BCUT2D eigenvalue weighted by Gasteiger charge is 2.28. The Morgan fingerprint density at radius 2 is 1.93 bits per heavy atom. The normalized spacial score (nSPS) is 14.5. The molecule has 1 aromatic heterocycles. The van der Waals surface area contributed by atoms with Crippen LogP contribution >= 0.6 is 15.9 Å². The summed E-state index contributed by atoms with van der Waals surface area (Å²) in [4.78, 5) is 25.6. The second kappa shape index (κ2) is 8.61. The van der Waals surface area contributed by atoms with Gasteiger partial charge in [0.2, 0.25) is 11.7 Å². The summed E-state index contributed by atoms with van der Waals surface area (Å²) in [6.45, 7) is 1.21. The highest BCUT2D eigenvalue weighted by molar-refractivity contribution is 9.10. The zero-order valence-electron chi connectivity index (χ0n) is 15.6. The van der Waals surface area contributed by atoms with E-state index < -0.39 is 11.3 Å². The van der Waals surface area contributed by atoms with Gasteiger partial charge in [0, 0.05) is 10.5 Å². The molecule has 0 bridgehead atoms. The SMILES string of the molecule is Cc1c(C(=O)COc2ccc(Br)cc2)c(O)n(C2CCCCC2)c(=O)c1C#N. The van der Waals surface area contributed by atoms with Crippen molar-refractivity contribution in [3.8, 4) is 17.7 Å². The van der Waals surface area contributed by atoms with Crippen LogP contribution in [0.1, 0.15) is 59.6 Å². The Labute approximate surface area is 171 Å². The zero-order chi connectivity index (χ0) is 20.3. The molecule has 0 atom stereocenters. The minimum Gasteiger partial charge on any atom is -0.494 e. The molecular formula is C21H21BrN2O4. The monoisotopic (exact) mass is 444 g/mol. The van der Waals surface area contributed by atoms with E-state index in [1.54, 1.807) is 24.3 Å². The van der Waals surface area contributed by atoms with Crippen LogP contribution in [-0.2, 0) is 0 Å². The molecule has 1 aliphatic carbocycles. The van der Waals surface area contributed by atoms with E-state index in [4.69, 9.17) is 4.74 Å². The first-order chi connectivity index (χ1) is 13.4. The van der Waals surface area contributed by atoms with Crippen LogP contribution in [0.3, 0.4) is 0 Å². The molecule has 0 aliphatic heterocycles. The maximum absolute atomic E-state index is 12.8. The quantitative estimate of drug-likeness (QED) is 0.695. The summed E-state index contributed by atoms with van der Waals surface area (Å²) in [5.74, 6) is -0.327. The zero-order valence-corrected chi connectivity index (χ0v) is 17.2. The number of nitriles is 1. The summed E-state index contributed by atoms with van der Waals surface area (Å²) in [6.07, 6.45) is 4.45. The molecular weight excluding hydrogens is 424 g/mol. The van der Waals surface area contributed by atoms with Gasteiger partial charge in [0.25, 0.3) is 5.56 Å². The summed E-state index contributed by atoms with van der Waals surface area (Å²) in [6, 6.07) is 8.72. The van der Waals surface area contributed by atoms with Gasteiger partial charge in [-0.1, -0.05) is 35.2 Å². The molecule has 3 rings (SSSR count). The fourth-order valence-corrected chi connectivity index (χ4v) is 3.95. The molecule has 0 unspecified atom stereocenters. The maximum Gasteiger partial charge on any atom is 0.271 e. The number of halogens is 1. The van der Waals surface area contributed by atoms with Crippen molar-refractivity contribution in [2.75, 3.05) is 6.61 Å². The fourth-order valence-electron chi connectivity index (χ4n) is 3.69. The van der Waals surface area contributed by atoms with Gasteiger partial charge < -0.3 is 9.84 Å². The van der Waals surface area contributed by atoms with Gasteiger partial charge in [-0.2, -0.15) is 5.26 Å². The maximum atomic E-state index is 12.8. The average Bonchev–Trinajstić information content (AvgIpc) is 2.68. The van der Waals surface area contributed by atoms with E-state index in [0.29, 0.717) is 5.75 Å². The summed E-state index contributed by atoms with van der Waals surface area (Å²) >= 11 is 3.33. The molecule has 7 heteroatoms.